The van der Waals surface area contributed by atoms with Crippen molar-refractivity contribution in [1.29, 1.82) is 0 Å². The van der Waals surface area contributed by atoms with Crippen LogP contribution in [0.25, 0.3) is 17.4 Å². The molecule has 0 saturated carbocycles. The average Bonchev–Trinajstić information content (AvgIpc) is 3.47. The molecule has 3 heterocycles. The number of aromatic nitrogens is 1. The molecule has 0 spiro atoms. The summed E-state index contributed by atoms with van der Waals surface area (Å²) in [5, 5.41) is 9.99. The number of ether oxygens (including phenoxy) is 1. The highest BCUT2D eigenvalue weighted by Crippen LogP contribution is 2.32. The Bertz CT molecular complexity index is 1860. The van der Waals surface area contributed by atoms with Crippen molar-refractivity contribution in [2.75, 3.05) is 0 Å². The number of aromatic carboxylic acids is 1. The summed E-state index contributed by atoms with van der Waals surface area (Å²) in [6.45, 7) is 6.97. The molecule has 0 amide bonds. The molecule has 1 aliphatic heterocycles. The average molecular weight is 577 g/mol. The van der Waals surface area contributed by atoms with Gasteiger partial charge in [-0.1, -0.05) is 47.2 Å². The predicted octanol–water partition coefficient (Wildman–Crippen LogP) is 5.11. The summed E-state index contributed by atoms with van der Waals surface area (Å²) in [4.78, 5) is 43.6. The second-order valence-electron chi connectivity index (χ2n) is 9.57. The van der Waals surface area contributed by atoms with Crippen molar-refractivity contribution < 1.29 is 23.8 Å². The molecule has 1 atom stereocenters. The molecule has 4 aromatic rings. The molecule has 1 aliphatic rings. The van der Waals surface area contributed by atoms with Crippen molar-refractivity contribution in [1.82, 2.24) is 4.57 Å². The normalized spacial score (nSPS) is 15.2. The summed E-state index contributed by atoms with van der Waals surface area (Å²) in [7, 11) is 0. The Hall–Kier alpha value is -4.21. The van der Waals surface area contributed by atoms with Gasteiger partial charge < -0.3 is 14.3 Å². The molecule has 10 heteroatoms. The molecule has 0 aliphatic carbocycles. The number of esters is 1. The van der Waals surface area contributed by atoms with E-state index in [-0.39, 0.29) is 22.8 Å². The van der Waals surface area contributed by atoms with Crippen molar-refractivity contribution in [3.63, 3.8) is 0 Å². The number of carbonyl (C=O) groups excluding carboxylic acids is 1. The quantitative estimate of drug-likeness (QED) is 0.319. The van der Waals surface area contributed by atoms with Gasteiger partial charge in [-0.25, -0.2) is 14.6 Å². The van der Waals surface area contributed by atoms with Gasteiger partial charge in [0.05, 0.1) is 33.5 Å². The smallest absolute Gasteiger partial charge is 0.338 e. The fraction of sp³-hybridized carbons (Fsp3) is 0.200. The second kappa shape index (κ2) is 10.7. The van der Waals surface area contributed by atoms with Crippen LogP contribution in [0.15, 0.2) is 80.1 Å². The molecule has 8 nitrogen and oxygen atoms in total. The summed E-state index contributed by atoms with van der Waals surface area (Å²) in [5.41, 5.74) is 2.51. The van der Waals surface area contributed by atoms with E-state index in [2.05, 4.69) is 4.99 Å². The van der Waals surface area contributed by atoms with Crippen LogP contribution in [0.3, 0.4) is 0 Å². The van der Waals surface area contributed by atoms with E-state index in [0.29, 0.717) is 48.3 Å². The lowest BCUT2D eigenvalue weighted by Crippen LogP contribution is -2.40. The number of carboxylic acids is 1. The lowest BCUT2D eigenvalue weighted by atomic mass is 9.96. The SMILES string of the molecule is CC1=C(C(=O)OC(C)C)C(c2ccc(Cl)cc2)n2c(s/c(=C/c3ccc(-c4cccc(C(=O)O)c4C)o3)c2=O)=N1. The lowest BCUT2D eigenvalue weighted by molar-refractivity contribution is -0.143. The van der Waals surface area contributed by atoms with Crippen molar-refractivity contribution >= 4 is 41.0 Å². The van der Waals surface area contributed by atoms with Gasteiger partial charge in [-0.15, -0.1) is 0 Å². The minimum atomic E-state index is -1.02. The van der Waals surface area contributed by atoms with Gasteiger partial charge in [-0.3, -0.25) is 9.36 Å². The number of thiazole rings is 1. The Morgan fingerprint density at radius 2 is 1.85 bits per heavy atom. The number of hydrogen-bond donors (Lipinski definition) is 1. The number of carbonyl (C=O) groups is 2. The first-order valence-electron chi connectivity index (χ1n) is 12.5. The zero-order valence-corrected chi connectivity index (χ0v) is 23.7. The molecule has 1 unspecified atom stereocenters. The molecule has 2 aromatic carbocycles. The third-order valence-corrected chi connectivity index (χ3v) is 7.73. The van der Waals surface area contributed by atoms with Crippen LogP contribution in [-0.4, -0.2) is 27.7 Å². The van der Waals surface area contributed by atoms with E-state index in [1.54, 1.807) is 82.3 Å². The number of fused-ring (bicyclic) bond motifs is 1. The van der Waals surface area contributed by atoms with Gasteiger partial charge in [-0.05, 0) is 69.2 Å². The zero-order chi connectivity index (χ0) is 28.7. The molecule has 5 rings (SSSR count). The topological polar surface area (TPSA) is 111 Å². The van der Waals surface area contributed by atoms with Gasteiger partial charge in [-0.2, -0.15) is 0 Å². The van der Waals surface area contributed by atoms with Crippen molar-refractivity contribution in [2.24, 2.45) is 4.99 Å². The molecular weight excluding hydrogens is 552 g/mol. The summed E-state index contributed by atoms with van der Waals surface area (Å²) >= 11 is 7.30. The number of nitrogens with zero attached hydrogens (tertiary/aromatic N) is 2. The van der Waals surface area contributed by atoms with E-state index in [0.717, 1.165) is 0 Å². The highest BCUT2D eigenvalue weighted by molar-refractivity contribution is 7.07. The number of rotatable bonds is 6. The first-order valence-corrected chi connectivity index (χ1v) is 13.7. The highest BCUT2D eigenvalue weighted by atomic mass is 35.5. The van der Waals surface area contributed by atoms with E-state index in [9.17, 15) is 19.5 Å². The van der Waals surface area contributed by atoms with Crippen molar-refractivity contribution in [3.8, 4) is 11.3 Å². The van der Waals surface area contributed by atoms with Gasteiger partial charge in [0.2, 0.25) is 0 Å². The van der Waals surface area contributed by atoms with Crippen molar-refractivity contribution in [3.05, 3.63) is 113 Å². The number of carboxylic acid groups (broad SMARTS) is 1. The Morgan fingerprint density at radius 3 is 2.52 bits per heavy atom. The predicted molar refractivity (Wildman–Crippen MR) is 152 cm³/mol. The van der Waals surface area contributed by atoms with Crippen molar-refractivity contribution in [2.45, 2.75) is 39.8 Å². The number of furan rings is 1. The van der Waals surface area contributed by atoms with Crippen LogP contribution in [0.2, 0.25) is 5.02 Å². The number of benzene rings is 2. The van der Waals surface area contributed by atoms with Gasteiger partial charge in [0.25, 0.3) is 5.56 Å². The van der Waals surface area contributed by atoms with Crippen LogP contribution < -0.4 is 14.9 Å². The first kappa shape index (κ1) is 27.4. The highest BCUT2D eigenvalue weighted by Gasteiger charge is 2.33. The number of allylic oxidation sites excluding steroid dienone is 1. The molecule has 0 saturated heterocycles. The zero-order valence-electron chi connectivity index (χ0n) is 22.1. The molecule has 2 aromatic heterocycles. The van der Waals surface area contributed by atoms with E-state index in [1.807, 2.05) is 0 Å². The van der Waals surface area contributed by atoms with E-state index in [4.69, 9.17) is 20.8 Å². The second-order valence-corrected chi connectivity index (χ2v) is 11.0. The maximum Gasteiger partial charge on any atom is 0.338 e. The van der Waals surface area contributed by atoms with Crippen LogP contribution in [0, 0.1) is 6.92 Å². The van der Waals surface area contributed by atoms with Gasteiger partial charge in [0, 0.05) is 16.7 Å². The number of hydrogen-bond acceptors (Lipinski definition) is 7. The van der Waals surface area contributed by atoms with Crippen LogP contribution in [0.1, 0.15) is 54.1 Å². The Balaban J connectivity index is 1.62. The monoisotopic (exact) mass is 576 g/mol. The van der Waals surface area contributed by atoms with Crippen LogP contribution in [0.4, 0.5) is 0 Å². The molecule has 40 heavy (non-hydrogen) atoms. The molecule has 0 fully saturated rings. The minimum absolute atomic E-state index is 0.188. The molecule has 0 radical (unpaired) electrons. The van der Waals surface area contributed by atoms with Gasteiger partial charge in [0.1, 0.15) is 11.5 Å². The maximum atomic E-state index is 13.8. The van der Waals surface area contributed by atoms with Crippen LogP contribution in [0.5, 0.6) is 0 Å². The Morgan fingerprint density at radius 1 is 1.12 bits per heavy atom. The van der Waals surface area contributed by atoms with Gasteiger partial charge >= 0.3 is 11.9 Å². The third kappa shape index (κ3) is 5.05. The summed E-state index contributed by atoms with van der Waals surface area (Å²) < 4.78 is 13.4. The van der Waals surface area contributed by atoms with E-state index >= 15 is 0 Å². The maximum absolute atomic E-state index is 13.8. The van der Waals surface area contributed by atoms with Gasteiger partial charge in [0.15, 0.2) is 4.80 Å². The van der Waals surface area contributed by atoms with E-state index < -0.39 is 18.0 Å². The first-order chi connectivity index (χ1) is 19.0. The third-order valence-electron chi connectivity index (χ3n) is 6.50. The van der Waals surface area contributed by atoms with Crippen LogP contribution in [-0.2, 0) is 9.53 Å². The number of halogens is 1. The molecule has 0 bridgehead atoms. The van der Waals surface area contributed by atoms with E-state index in [1.165, 1.54) is 22.0 Å². The molecule has 204 valence electrons. The lowest BCUT2D eigenvalue weighted by Gasteiger charge is -2.25. The minimum Gasteiger partial charge on any atom is -0.478 e. The fourth-order valence-electron chi connectivity index (χ4n) is 4.66. The summed E-state index contributed by atoms with van der Waals surface area (Å²) in [5.74, 6) is -0.665. The molecule has 1 N–H and O–H groups in total. The molecular formula is C30H25ClN2O6S. The van der Waals surface area contributed by atoms with Crippen LogP contribution >= 0.6 is 22.9 Å². The largest absolute Gasteiger partial charge is 0.478 e. The standard InChI is InChI=1S/C30H25ClN2O6S/c1-15(2)38-29(37)25-17(4)32-30-33(26(25)18-8-10-19(31)11-9-18)27(34)24(40-30)14-20-12-13-23(39-20)21-6-5-7-22(16(21)3)28(35)36/h5-15,26H,1-4H3,(H,35,36)/b24-14+. The summed E-state index contributed by atoms with van der Waals surface area (Å²) in [6.07, 6.45) is 1.27. The Labute approximate surface area is 238 Å². The fourth-order valence-corrected chi connectivity index (χ4v) is 5.81. The summed E-state index contributed by atoms with van der Waals surface area (Å²) in [6, 6.07) is 14.6. The Kier molecular flexibility index (Phi) is 7.35.